The van der Waals surface area contributed by atoms with Gasteiger partial charge in [-0.25, -0.2) is 9.37 Å². The zero-order valence-corrected chi connectivity index (χ0v) is 15.9. The largest absolute Gasteiger partial charge is 0.356 e. The Bertz CT molecular complexity index is 1110. The van der Waals surface area contributed by atoms with Crippen LogP contribution in [-0.2, 0) is 6.54 Å². The summed E-state index contributed by atoms with van der Waals surface area (Å²) in [5, 5.41) is 22.9. The molecular formula is C16H10FN5O2S3. The second-order valence-electron chi connectivity index (χ2n) is 5.34. The third kappa shape index (κ3) is 4.21. The molecule has 0 saturated carbocycles. The average Bonchev–Trinajstić information content (AvgIpc) is 3.26. The Labute approximate surface area is 164 Å². The number of halogens is 1. The van der Waals surface area contributed by atoms with Gasteiger partial charge in [0.15, 0.2) is 8.68 Å². The number of nitrogens with one attached hydrogen (secondary N) is 1. The molecule has 7 nitrogen and oxygen atoms in total. The Morgan fingerprint density at radius 2 is 1.93 bits per heavy atom. The third-order valence-corrected chi connectivity index (χ3v) is 6.51. The van der Waals surface area contributed by atoms with E-state index in [0.717, 1.165) is 14.6 Å². The van der Waals surface area contributed by atoms with Gasteiger partial charge in [0.2, 0.25) is 5.13 Å². The van der Waals surface area contributed by atoms with E-state index in [4.69, 9.17) is 0 Å². The predicted molar refractivity (Wildman–Crippen MR) is 104 cm³/mol. The molecule has 0 aliphatic heterocycles. The smallest absolute Gasteiger partial charge is 0.270 e. The van der Waals surface area contributed by atoms with E-state index in [1.54, 1.807) is 18.2 Å². The lowest BCUT2D eigenvalue weighted by Gasteiger charge is -2.01. The van der Waals surface area contributed by atoms with Gasteiger partial charge in [0, 0.05) is 18.7 Å². The first-order chi connectivity index (χ1) is 13.1. The normalized spacial score (nSPS) is 11.0. The van der Waals surface area contributed by atoms with Crippen molar-refractivity contribution in [2.75, 3.05) is 5.32 Å². The van der Waals surface area contributed by atoms with Crippen LogP contribution in [-0.4, -0.2) is 20.1 Å². The van der Waals surface area contributed by atoms with Crippen molar-refractivity contribution in [2.24, 2.45) is 0 Å². The molecule has 0 radical (unpaired) electrons. The fraction of sp³-hybridized carbons (Fsp3) is 0.0625. The molecule has 11 heteroatoms. The van der Waals surface area contributed by atoms with Crippen molar-refractivity contribution in [2.45, 2.75) is 15.2 Å². The molecule has 0 amide bonds. The van der Waals surface area contributed by atoms with E-state index in [-0.39, 0.29) is 11.5 Å². The van der Waals surface area contributed by atoms with Crippen molar-refractivity contribution >= 4 is 55.5 Å². The van der Waals surface area contributed by atoms with E-state index in [0.29, 0.717) is 21.5 Å². The van der Waals surface area contributed by atoms with Gasteiger partial charge in [-0.15, -0.1) is 21.5 Å². The third-order valence-electron chi connectivity index (χ3n) is 3.50. The summed E-state index contributed by atoms with van der Waals surface area (Å²) in [5.41, 5.74) is 1.70. The molecule has 0 unspecified atom stereocenters. The maximum Gasteiger partial charge on any atom is 0.270 e. The van der Waals surface area contributed by atoms with E-state index < -0.39 is 4.92 Å². The minimum absolute atomic E-state index is 0.0471. The monoisotopic (exact) mass is 419 g/mol. The van der Waals surface area contributed by atoms with Crippen LogP contribution in [0.1, 0.15) is 5.56 Å². The Morgan fingerprint density at radius 3 is 2.70 bits per heavy atom. The second kappa shape index (κ2) is 7.55. The van der Waals surface area contributed by atoms with Crippen LogP contribution >= 0.6 is 34.4 Å². The standard InChI is InChI=1S/C16H10FN5O2S3/c17-10-3-1-9(2-4-10)8-18-14-20-21-16(26-14)27-15-19-12-6-5-11(22(23)24)7-13(12)25-15/h1-7H,8H2,(H,18,20). The molecule has 2 aromatic carbocycles. The van der Waals surface area contributed by atoms with Gasteiger partial charge in [-0.2, -0.15) is 0 Å². The quantitative estimate of drug-likeness (QED) is 0.349. The van der Waals surface area contributed by atoms with Crippen LogP contribution in [0.2, 0.25) is 0 Å². The van der Waals surface area contributed by atoms with Gasteiger partial charge < -0.3 is 5.32 Å². The molecule has 4 aromatic rings. The molecule has 2 aromatic heterocycles. The number of non-ortho nitro benzene ring substituents is 1. The summed E-state index contributed by atoms with van der Waals surface area (Å²) >= 11 is 4.12. The molecule has 1 N–H and O–H groups in total. The number of nitro benzene ring substituents is 1. The van der Waals surface area contributed by atoms with Gasteiger partial charge in [-0.05, 0) is 35.5 Å². The predicted octanol–water partition coefficient (Wildman–Crippen LogP) is 4.96. The van der Waals surface area contributed by atoms with Crippen LogP contribution in [0.15, 0.2) is 51.1 Å². The topological polar surface area (TPSA) is 93.8 Å². The number of nitrogens with zero attached hydrogens (tertiary/aromatic N) is 4. The van der Waals surface area contributed by atoms with E-state index >= 15 is 0 Å². The van der Waals surface area contributed by atoms with Crippen LogP contribution in [0.3, 0.4) is 0 Å². The number of fused-ring (bicyclic) bond motifs is 1. The fourth-order valence-electron chi connectivity index (χ4n) is 2.23. The van der Waals surface area contributed by atoms with Crippen LogP contribution < -0.4 is 5.32 Å². The number of benzene rings is 2. The minimum Gasteiger partial charge on any atom is -0.356 e. The van der Waals surface area contributed by atoms with E-state index in [9.17, 15) is 14.5 Å². The lowest BCUT2D eigenvalue weighted by molar-refractivity contribution is -0.384. The number of thiazole rings is 1. The number of nitro groups is 1. The molecule has 0 fully saturated rings. The van der Waals surface area contributed by atoms with Gasteiger partial charge in [0.1, 0.15) is 5.82 Å². The van der Waals surface area contributed by atoms with Gasteiger partial charge in [0.05, 0.1) is 15.1 Å². The molecule has 136 valence electrons. The summed E-state index contributed by atoms with van der Waals surface area (Å²) in [5.74, 6) is -0.269. The van der Waals surface area contributed by atoms with E-state index in [1.165, 1.54) is 58.7 Å². The molecule has 0 aliphatic rings. The van der Waals surface area contributed by atoms with Crippen molar-refractivity contribution in [3.63, 3.8) is 0 Å². The van der Waals surface area contributed by atoms with Gasteiger partial charge in [-0.1, -0.05) is 23.5 Å². The fourth-order valence-corrected chi connectivity index (χ4v) is 5.28. The lowest BCUT2D eigenvalue weighted by atomic mass is 10.2. The van der Waals surface area contributed by atoms with Crippen molar-refractivity contribution in [3.05, 3.63) is 64.0 Å². The molecule has 0 bridgehead atoms. The van der Waals surface area contributed by atoms with E-state index in [1.807, 2.05) is 0 Å². The molecule has 2 heterocycles. The minimum atomic E-state index is -0.421. The molecule has 0 atom stereocenters. The number of anilines is 1. The molecule has 0 spiro atoms. The summed E-state index contributed by atoms with van der Waals surface area (Å²) in [4.78, 5) is 14.9. The van der Waals surface area contributed by atoms with Crippen LogP contribution in [0.4, 0.5) is 15.2 Å². The molecular weight excluding hydrogens is 409 g/mol. The number of hydrogen-bond donors (Lipinski definition) is 1. The molecule has 27 heavy (non-hydrogen) atoms. The van der Waals surface area contributed by atoms with Crippen molar-refractivity contribution in [3.8, 4) is 0 Å². The van der Waals surface area contributed by atoms with Gasteiger partial charge in [0.25, 0.3) is 5.69 Å². The average molecular weight is 419 g/mol. The first kappa shape index (κ1) is 17.8. The number of hydrogen-bond acceptors (Lipinski definition) is 9. The highest BCUT2D eigenvalue weighted by Gasteiger charge is 2.13. The highest BCUT2D eigenvalue weighted by Crippen LogP contribution is 2.37. The Morgan fingerprint density at radius 1 is 1.11 bits per heavy atom. The summed E-state index contributed by atoms with van der Waals surface area (Å²) in [7, 11) is 0. The number of aromatic nitrogens is 3. The van der Waals surface area contributed by atoms with Crippen molar-refractivity contribution < 1.29 is 9.31 Å². The second-order valence-corrected chi connectivity index (χ2v) is 8.85. The maximum atomic E-state index is 12.9. The van der Waals surface area contributed by atoms with Crippen LogP contribution in [0, 0.1) is 15.9 Å². The van der Waals surface area contributed by atoms with Crippen molar-refractivity contribution in [1.29, 1.82) is 0 Å². The summed E-state index contributed by atoms with van der Waals surface area (Å²) in [6, 6.07) is 10.8. The first-order valence-corrected chi connectivity index (χ1v) is 10.1. The molecule has 0 aliphatic carbocycles. The Hall–Kier alpha value is -2.63. The maximum absolute atomic E-state index is 12.9. The highest BCUT2D eigenvalue weighted by atomic mass is 32.2. The van der Waals surface area contributed by atoms with Crippen LogP contribution in [0.25, 0.3) is 10.2 Å². The zero-order valence-electron chi connectivity index (χ0n) is 13.5. The Balaban J connectivity index is 1.43. The van der Waals surface area contributed by atoms with Gasteiger partial charge >= 0.3 is 0 Å². The first-order valence-electron chi connectivity index (χ1n) is 7.61. The van der Waals surface area contributed by atoms with E-state index in [2.05, 4.69) is 20.5 Å². The summed E-state index contributed by atoms with van der Waals surface area (Å²) in [6.07, 6.45) is 0. The lowest BCUT2D eigenvalue weighted by Crippen LogP contribution is -1.98. The molecule has 4 rings (SSSR count). The zero-order chi connectivity index (χ0) is 18.8. The Kier molecular flexibility index (Phi) is 4.97. The SMILES string of the molecule is O=[N+]([O-])c1ccc2nc(Sc3nnc(NCc4ccc(F)cc4)s3)sc2c1. The van der Waals surface area contributed by atoms with Crippen LogP contribution in [0.5, 0.6) is 0 Å². The van der Waals surface area contributed by atoms with Crippen molar-refractivity contribution in [1.82, 2.24) is 15.2 Å². The summed E-state index contributed by atoms with van der Waals surface area (Å²) in [6.45, 7) is 0.518. The van der Waals surface area contributed by atoms with Gasteiger partial charge in [-0.3, -0.25) is 10.1 Å². The number of rotatable bonds is 6. The molecule has 0 saturated heterocycles. The highest BCUT2D eigenvalue weighted by molar-refractivity contribution is 8.02. The summed E-state index contributed by atoms with van der Waals surface area (Å²) < 4.78 is 15.1.